The van der Waals surface area contributed by atoms with E-state index in [0.29, 0.717) is 0 Å². The number of hydrogen-bond donors (Lipinski definition) is 0. The fourth-order valence-electron chi connectivity index (χ4n) is 7.46. The number of fused-ring (bicyclic) bond motifs is 7. The first-order valence-corrected chi connectivity index (χ1v) is 17.9. The molecule has 1 aromatic heterocycles. The van der Waals surface area contributed by atoms with Crippen LogP contribution in [-0.4, -0.2) is 0 Å². The van der Waals surface area contributed by atoms with Crippen LogP contribution in [-0.2, 0) is 0 Å². The molecule has 0 radical (unpaired) electrons. The van der Waals surface area contributed by atoms with Gasteiger partial charge in [0.25, 0.3) is 0 Å². The highest BCUT2D eigenvalue weighted by Gasteiger charge is 2.16. The second-order valence-electron chi connectivity index (χ2n) is 13.0. The zero-order valence-electron chi connectivity index (χ0n) is 27.3. The fraction of sp³-hybridized carbons (Fsp3) is 0. The SMILES string of the molecule is c1ccc(-c2ccc(N(c3ccc4cc(-c5ccccc5)ccc4c3)c3ccc4ccc5cc6sc7ccccc7c6cc5c4c3)cc2)cc1. The van der Waals surface area contributed by atoms with E-state index in [1.807, 2.05) is 11.3 Å². The lowest BCUT2D eigenvalue weighted by Gasteiger charge is -2.26. The van der Waals surface area contributed by atoms with Gasteiger partial charge in [-0.2, -0.15) is 0 Å². The first-order valence-electron chi connectivity index (χ1n) is 17.1. The van der Waals surface area contributed by atoms with Crippen molar-refractivity contribution in [3.05, 3.63) is 188 Å². The van der Waals surface area contributed by atoms with Crippen molar-refractivity contribution < 1.29 is 0 Å². The summed E-state index contributed by atoms with van der Waals surface area (Å²) >= 11 is 1.88. The second kappa shape index (κ2) is 11.7. The number of rotatable bonds is 5. The predicted molar refractivity (Wildman–Crippen MR) is 217 cm³/mol. The lowest BCUT2D eigenvalue weighted by molar-refractivity contribution is 1.29. The number of hydrogen-bond acceptors (Lipinski definition) is 2. The summed E-state index contributed by atoms with van der Waals surface area (Å²) in [6, 6.07) is 68.8. The molecule has 234 valence electrons. The maximum absolute atomic E-state index is 2.41. The normalized spacial score (nSPS) is 11.6. The van der Waals surface area contributed by atoms with E-state index in [4.69, 9.17) is 0 Å². The molecule has 0 amide bonds. The number of thiophene rings is 1. The van der Waals surface area contributed by atoms with Gasteiger partial charge in [-0.05, 0) is 115 Å². The largest absolute Gasteiger partial charge is 0.310 e. The molecule has 0 bridgehead atoms. The maximum Gasteiger partial charge on any atom is 0.0468 e. The van der Waals surface area contributed by atoms with E-state index in [1.165, 1.54) is 74.7 Å². The molecule has 0 N–H and O–H groups in total. The summed E-state index contributed by atoms with van der Waals surface area (Å²) in [5.41, 5.74) is 8.27. The Morgan fingerprint density at radius 1 is 0.280 bits per heavy atom. The Morgan fingerprint density at radius 2 is 0.820 bits per heavy atom. The Hall–Kier alpha value is -6.22. The van der Waals surface area contributed by atoms with Gasteiger partial charge in [-0.25, -0.2) is 0 Å². The molecule has 50 heavy (non-hydrogen) atoms. The lowest BCUT2D eigenvalue weighted by Crippen LogP contribution is -2.10. The van der Waals surface area contributed by atoms with E-state index in [1.54, 1.807) is 0 Å². The van der Waals surface area contributed by atoms with Gasteiger partial charge in [0.1, 0.15) is 0 Å². The molecule has 10 rings (SSSR count). The number of anilines is 3. The van der Waals surface area contributed by atoms with Crippen molar-refractivity contribution in [3.63, 3.8) is 0 Å². The topological polar surface area (TPSA) is 3.24 Å². The van der Waals surface area contributed by atoms with Crippen LogP contribution in [0.5, 0.6) is 0 Å². The molecule has 0 fully saturated rings. The Morgan fingerprint density at radius 3 is 1.62 bits per heavy atom. The van der Waals surface area contributed by atoms with Gasteiger partial charge in [0.2, 0.25) is 0 Å². The molecule has 2 heteroatoms. The average molecular weight is 654 g/mol. The zero-order chi connectivity index (χ0) is 33.0. The van der Waals surface area contributed by atoms with E-state index in [9.17, 15) is 0 Å². The van der Waals surface area contributed by atoms with Crippen molar-refractivity contribution >= 4 is 80.9 Å². The van der Waals surface area contributed by atoms with Crippen molar-refractivity contribution in [1.82, 2.24) is 0 Å². The van der Waals surface area contributed by atoms with Crippen molar-refractivity contribution in [1.29, 1.82) is 0 Å². The fourth-order valence-corrected chi connectivity index (χ4v) is 8.60. The first kappa shape index (κ1) is 28.8. The monoisotopic (exact) mass is 653 g/mol. The molecule has 0 aliphatic rings. The Kier molecular flexibility index (Phi) is 6.75. The van der Waals surface area contributed by atoms with Gasteiger partial charge in [0.05, 0.1) is 0 Å². The molecule has 0 saturated carbocycles. The van der Waals surface area contributed by atoms with Crippen molar-refractivity contribution in [2.75, 3.05) is 4.90 Å². The predicted octanol–water partition coefficient (Wildman–Crippen LogP) is 14.3. The molecule has 9 aromatic carbocycles. The van der Waals surface area contributed by atoms with Crippen LogP contribution in [0.4, 0.5) is 17.1 Å². The highest BCUT2D eigenvalue weighted by molar-refractivity contribution is 7.25. The van der Waals surface area contributed by atoms with Crippen molar-refractivity contribution in [3.8, 4) is 22.3 Å². The molecule has 0 atom stereocenters. The van der Waals surface area contributed by atoms with Crippen LogP contribution >= 0.6 is 11.3 Å². The van der Waals surface area contributed by atoms with Gasteiger partial charge in [-0.3, -0.25) is 0 Å². The average Bonchev–Trinajstić information content (AvgIpc) is 3.55. The first-order chi connectivity index (χ1) is 24.7. The minimum Gasteiger partial charge on any atom is -0.310 e. The third-order valence-corrected chi connectivity index (χ3v) is 11.1. The second-order valence-corrected chi connectivity index (χ2v) is 14.1. The minimum absolute atomic E-state index is 1.12. The van der Waals surface area contributed by atoms with Crippen LogP contribution in [0, 0.1) is 0 Å². The summed E-state index contributed by atoms with van der Waals surface area (Å²) in [5, 5.41) is 10.2. The van der Waals surface area contributed by atoms with Crippen LogP contribution < -0.4 is 4.90 Å². The summed E-state index contributed by atoms with van der Waals surface area (Å²) in [7, 11) is 0. The molecule has 0 saturated heterocycles. The van der Waals surface area contributed by atoms with E-state index >= 15 is 0 Å². The van der Waals surface area contributed by atoms with E-state index < -0.39 is 0 Å². The van der Waals surface area contributed by atoms with Gasteiger partial charge >= 0.3 is 0 Å². The smallest absolute Gasteiger partial charge is 0.0468 e. The standard InChI is InChI=1S/C48H31NS/c1-3-9-32(10-4-1)34-19-23-40(24-20-34)49(41-26-22-37-27-36(16-17-38(37)28-41)33-11-5-2-6-12-33)42-25-21-35-15-18-39-29-48-46(31-45(39)44(35)30-42)43-13-7-8-14-47(43)50-48/h1-31H. The van der Waals surface area contributed by atoms with Gasteiger partial charge in [-0.1, -0.05) is 127 Å². The molecular weight excluding hydrogens is 623 g/mol. The number of benzene rings is 9. The zero-order valence-corrected chi connectivity index (χ0v) is 28.1. The van der Waals surface area contributed by atoms with Crippen molar-refractivity contribution in [2.24, 2.45) is 0 Å². The Bertz CT molecular complexity index is 2850. The summed E-state index contributed by atoms with van der Waals surface area (Å²) in [6.07, 6.45) is 0. The highest BCUT2D eigenvalue weighted by atomic mass is 32.1. The van der Waals surface area contributed by atoms with Gasteiger partial charge in [0.15, 0.2) is 0 Å². The van der Waals surface area contributed by atoms with Crippen molar-refractivity contribution in [2.45, 2.75) is 0 Å². The van der Waals surface area contributed by atoms with Gasteiger partial charge in [0, 0.05) is 37.2 Å². The van der Waals surface area contributed by atoms with Crippen LogP contribution in [0.2, 0.25) is 0 Å². The minimum atomic E-state index is 1.12. The van der Waals surface area contributed by atoms with Crippen LogP contribution in [0.15, 0.2) is 188 Å². The van der Waals surface area contributed by atoms with E-state index in [2.05, 4.69) is 193 Å². The molecule has 1 heterocycles. The van der Waals surface area contributed by atoms with E-state index in [-0.39, 0.29) is 0 Å². The molecule has 0 unspecified atom stereocenters. The molecule has 0 aliphatic heterocycles. The summed E-state index contributed by atoms with van der Waals surface area (Å²) in [5.74, 6) is 0. The summed E-state index contributed by atoms with van der Waals surface area (Å²) in [4.78, 5) is 2.40. The molecular formula is C48H31NS. The van der Waals surface area contributed by atoms with Crippen LogP contribution in [0.1, 0.15) is 0 Å². The Labute approximate surface area is 294 Å². The summed E-state index contributed by atoms with van der Waals surface area (Å²) < 4.78 is 2.67. The lowest BCUT2D eigenvalue weighted by atomic mass is 9.98. The summed E-state index contributed by atoms with van der Waals surface area (Å²) in [6.45, 7) is 0. The quantitative estimate of drug-likeness (QED) is 0.167. The molecule has 10 aromatic rings. The number of nitrogens with zero attached hydrogens (tertiary/aromatic N) is 1. The third kappa shape index (κ3) is 4.92. The van der Waals surface area contributed by atoms with E-state index in [0.717, 1.165) is 17.1 Å². The Balaban J connectivity index is 1.15. The molecule has 0 aliphatic carbocycles. The third-order valence-electron chi connectivity index (χ3n) is 10.00. The maximum atomic E-state index is 2.41. The van der Waals surface area contributed by atoms with Crippen LogP contribution in [0.25, 0.3) is 74.7 Å². The van der Waals surface area contributed by atoms with Crippen LogP contribution in [0.3, 0.4) is 0 Å². The molecule has 0 spiro atoms. The van der Waals surface area contributed by atoms with Gasteiger partial charge in [-0.15, -0.1) is 11.3 Å². The highest BCUT2D eigenvalue weighted by Crippen LogP contribution is 2.42. The van der Waals surface area contributed by atoms with Gasteiger partial charge < -0.3 is 4.90 Å². The molecule has 1 nitrogen and oxygen atoms in total.